The van der Waals surface area contributed by atoms with Gasteiger partial charge in [0, 0.05) is 25.0 Å². The van der Waals surface area contributed by atoms with E-state index in [0.717, 1.165) is 39.3 Å². The predicted molar refractivity (Wildman–Crippen MR) is 58.2 cm³/mol. The minimum absolute atomic E-state index is 0.0994. The van der Waals surface area contributed by atoms with Crippen LogP contribution in [-0.2, 0) is 14.3 Å². The summed E-state index contributed by atoms with van der Waals surface area (Å²) in [6.45, 7) is 5.13. The average molecular weight is 228 g/mol. The summed E-state index contributed by atoms with van der Waals surface area (Å²) in [5.41, 5.74) is 0.0994. The van der Waals surface area contributed by atoms with Crippen molar-refractivity contribution in [2.75, 3.05) is 26.4 Å². The molecule has 4 heteroatoms. The van der Waals surface area contributed by atoms with Crippen LogP contribution in [0, 0.1) is 17.3 Å². The number of aliphatic carboxylic acids is 1. The monoisotopic (exact) mass is 228 g/mol. The fraction of sp³-hybridized carbons (Fsp3) is 0.917. The van der Waals surface area contributed by atoms with E-state index < -0.39 is 5.97 Å². The molecule has 2 rings (SSSR count). The van der Waals surface area contributed by atoms with Gasteiger partial charge in [-0.05, 0) is 24.7 Å². The standard InChI is InChI=1S/C12H20O4/c1-9(6-11(13)14)12(7-16-8-12)10-2-4-15-5-3-10/h9-10H,2-8H2,1H3,(H,13,14). The summed E-state index contributed by atoms with van der Waals surface area (Å²) >= 11 is 0. The molecule has 0 bridgehead atoms. The lowest BCUT2D eigenvalue weighted by molar-refractivity contribution is -0.193. The van der Waals surface area contributed by atoms with Crippen LogP contribution >= 0.6 is 0 Å². The molecular formula is C12H20O4. The maximum atomic E-state index is 10.8. The summed E-state index contributed by atoms with van der Waals surface area (Å²) < 4.78 is 10.7. The lowest BCUT2D eigenvalue weighted by Crippen LogP contribution is -2.54. The van der Waals surface area contributed by atoms with E-state index in [1.165, 1.54) is 0 Å². The molecule has 0 aliphatic carbocycles. The Hall–Kier alpha value is -0.610. The lowest BCUT2D eigenvalue weighted by atomic mass is 9.62. The topological polar surface area (TPSA) is 55.8 Å². The maximum Gasteiger partial charge on any atom is 0.303 e. The van der Waals surface area contributed by atoms with Crippen LogP contribution in [0.4, 0.5) is 0 Å². The van der Waals surface area contributed by atoms with E-state index in [4.69, 9.17) is 14.6 Å². The highest BCUT2D eigenvalue weighted by Crippen LogP contribution is 2.48. The van der Waals surface area contributed by atoms with Crippen molar-refractivity contribution in [1.29, 1.82) is 0 Å². The SMILES string of the molecule is CC(CC(=O)O)C1(C2CCOCC2)COC1. The van der Waals surface area contributed by atoms with Crippen LogP contribution in [0.15, 0.2) is 0 Å². The molecular weight excluding hydrogens is 208 g/mol. The van der Waals surface area contributed by atoms with Gasteiger partial charge in [0.1, 0.15) is 0 Å². The van der Waals surface area contributed by atoms with Crippen molar-refractivity contribution in [3.05, 3.63) is 0 Å². The van der Waals surface area contributed by atoms with Crippen molar-refractivity contribution in [2.45, 2.75) is 26.2 Å². The second-order valence-electron chi connectivity index (χ2n) is 5.11. The van der Waals surface area contributed by atoms with E-state index in [1.807, 2.05) is 6.92 Å². The zero-order valence-electron chi connectivity index (χ0n) is 9.78. The van der Waals surface area contributed by atoms with E-state index in [0.29, 0.717) is 5.92 Å². The molecule has 0 amide bonds. The van der Waals surface area contributed by atoms with E-state index in [1.54, 1.807) is 0 Å². The largest absolute Gasteiger partial charge is 0.481 e. The first kappa shape index (κ1) is 11.9. The molecule has 2 aliphatic heterocycles. The third-order valence-electron chi connectivity index (χ3n) is 4.24. The minimum atomic E-state index is -0.703. The van der Waals surface area contributed by atoms with Crippen LogP contribution in [0.2, 0.25) is 0 Å². The molecule has 2 fully saturated rings. The third kappa shape index (κ3) is 2.09. The molecule has 2 aliphatic rings. The number of carboxylic acids is 1. The zero-order valence-corrected chi connectivity index (χ0v) is 9.78. The molecule has 1 unspecified atom stereocenters. The second-order valence-corrected chi connectivity index (χ2v) is 5.11. The van der Waals surface area contributed by atoms with E-state index in [2.05, 4.69) is 0 Å². The van der Waals surface area contributed by atoms with Crippen LogP contribution in [0.1, 0.15) is 26.2 Å². The van der Waals surface area contributed by atoms with Crippen molar-refractivity contribution in [3.8, 4) is 0 Å². The maximum absolute atomic E-state index is 10.8. The van der Waals surface area contributed by atoms with Gasteiger partial charge in [-0.15, -0.1) is 0 Å². The average Bonchev–Trinajstić information content (AvgIpc) is 2.16. The minimum Gasteiger partial charge on any atom is -0.481 e. The molecule has 0 saturated carbocycles. The van der Waals surface area contributed by atoms with Crippen LogP contribution < -0.4 is 0 Å². The Balaban J connectivity index is 2.02. The first-order valence-electron chi connectivity index (χ1n) is 6.02. The van der Waals surface area contributed by atoms with Crippen molar-refractivity contribution in [3.63, 3.8) is 0 Å². The summed E-state index contributed by atoms with van der Waals surface area (Å²) in [6.07, 6.45) is 2.35. The van der Waals surface area contributed by atoms with Gasteiger partial charge in [-0.3, -0.25) is 4.79 Å². The highest BCUT2D eigenvalue weighted by Gasteiger charge is 2.49. The molecule has 1 N–H and O–H groups in total. The Morgan fingerprint density at radius 2 is 2.00 bits per heavy atom. The van der Waals surface area contributed by atoms with Gasteiger partial charge in [-0.2, -0.15) is 0 Å². The zero-order chi connectivity index (χ0) is 11.6. The van der Waals surface area contributed by atoms with E-state index >= 15 is 0 Å². The summed E-state index contributed by atoms with van der Waals surface area (Å²) in [5.74, 6) is 0.0667. The summed E-state index contributed by atoms with van der Waals surface area (Å²) in [6, 6.07) is 0. The van der Waals surface area contributed by atoms with Gasteiger partial charge in [0.05, 0.1) is 13.2 Å². The molecule has 16 heavy (non-hydrogen) atoms. The Bertz CT molecular complexity index is 254. The van der Waals surface area contributed by atoms with Crippen molar-refractivity contribution in [2.24, 2.45) is 17.3 Å². The number of carboxylic acid groups (broad SMARTS) is 1. The molecule has 1 atom stereocenters. The van der Waals surface area contributed by atoms with Crippen molar-refractivity contribution in [1.82, 2.24) is 0 Å². The molecule has 0 aromatic rings. The number of hydrogen-bond donors (Lipinski definition) is 1. The second kappa shape index (κ2) is 4.72. The highest BCUT2D eigenvalue weighted by atomic mass is 16.5. The van der Waals surface area contributed by atoms with Crippen LogP contribution in [0.5, 0.6) is 0 Å². The van der Waals surface area contributed by atoms with Crippen LogP contribution in [-0.4, -0.2) is 37.5 Å². The molecule has 2 heterocycles. The summed E-state index contributed by atoms with van der Waals surface area (Å²) in [4.78, 5) is 10.8. The van der Waals surface area contributed by atoms with Crippen molar-refractivity contribution < 1.29 is 19.4 Å². The van der Waals surface area contributed by atoms with Crippen LogP contribution in [0.25, 0.3) is 0 Å². The fourth-order valence-electron chi connectivity index (χ4n) is 3.00. The molecule has 0 aromatic carbocycles. The first-order chi connectivity index (χ1) is 7.65. The Kier molecular flexibility index (Phi) is 3.50. The Morgan fingerprint density at radius 3 is 2.44 bits per heavy atom. The number of rotatable bonds is 4. The molecule has 0 spiro atoms. The normalized spacial score (nSPS) is 27.1. The molecule has 4 nitrogen and oxygen atoms in total. The van der Waals surface area contributed by atoms with Crippen molar-refractivity contribution >= 4 is 5.97 Å². The van der Waals surface area contributed by atoms with Crippen LogP contribution in [0.3, 0.4) is 0 Å². The van der Waals surface area contributed by atoms with E-state index in [-0.39, 0.29) is 17.8 Å². The third-order valence-corrected chi connectivity index (χ3v) is 4.24. The molecule has 2 saturated heterocycles. The van der Waals surface area contributed by atoms with Gasteiger partial charge in [0.25, 0.3) is 0 Å². The fourth-order valence-corrected chi connectivity index (χ4v) is 3.00. The van der Waals surface area contributed by atoms with Gasteiger partial charge in [-0.1, -0.05) is 6.92 Å². The Labute approximate surface area is 95.9 Å². The predicted octanol–water partition coefficient (Wildman–Crippen LogP) is 1.54. The number of hydrogen-bond acceptors (Lipinski definition) is 3. The first-order valence-corrected chi connectivity index (χ1v) is 6.02. The van der Waals surface area contributed by atoms with Gasteiger partial charge < -0.3 is 14.6 Å². The van der Waals surface area contributed by atoms with Gasteiger partial charge >= 0.3 is 5.97 Å². The van der Waals surface area contributed by atoms with Gasteiger partial charge in [0.15, 0.2) is 0 Å². The quantitative estimate of drug-likeness (QED) is 0.793. The Morgan fingerprint density at radius 1 is 1.38 bits per heavy atom. The van der Waals surface area contributed by atoms with Gasteiger partial charge in [0.2, 0.25) is 0 Å². The highest BCUT2D eigenvalue weighted by molar-refractivity contribution is 5.67. The molecule has 0 aromatic heterocycles. The number of ether oxygens (including phenoxy) is 2. The molecule has 0 radical (unpaired) electrons. The lowest BCUT2D eigenvalue weighted by Gasteiger charge is -2.52. The van der Waals surface area contributed by atoms with Gasteiger partial charge in [-0.25, -0.2) is 0 Å². The molecule has 92 valence electrons. The smallest absolute Gasteiger partial charge is 0.303 e. The summed E-state index contributed by atoms with van der Waals surface area (Å²) in [7, 11) is 0. The summed E-state index contributed by atoms with van der Waals surface area (Å²) in [5, 5.41) is 8.90. The van der Waals surface area contributed by atoms with E-state index in [9.17, 15) is 4.79 Å². The number of carbonyl (C=O) groups is 1.